The molecule has 0 radical (unpaired) electrons. The molecule has 0 N–H and O–H groups in total. The molecular formula is C14H10ClF3O2. The molecule has 0 amide bonds. The molecule has 1 aromatic carbocycles. The highest BCUT2D eigenvalue weighted by molar-refractivity contribution is 6.30. The number of halogens is 4. The van der Waals surface area contributed by atoms with Crippen LogP contribution in [0, 0.1) is 0 Å². The number of Topliss-reactive ketones (excluding diaryl/α,β-unsaturated/α-hetero) is 1. The summed E-state index contributed by atoms with van der Waals surface area (Å²) in [5.41, 5.74) is -0.621. The number of ketones is 1. The average Bonchev–Trinajstić information content (AvgIpc) is 2.74. The van der Waals surface area contributed by atoms with Crippen LogP contribution in [0.15, 0.2) is 34.7 Å². The maximum atomic E-state index is 12.7. The molecule has 1 heterocycles. The Hall–Kier alpha value is -1.75. The molecule has 0 aliphatic carbocycles. The second-order valence-corrected chi connectivity index (χ2v) is 4.81. The molecule has 0 aliphatic rings. The van der Waals surface area contributed by atoms with Gasteiger partial charge in [-0.2, -0.15) is 13.2 Å². The van der Waals surface area contributed by atoms with Gasteiger partial charge in [0.25, 0.3) is 0 Å². The van der Waals surface area contributed by atoms with Crippen molar-refractivity contribution in [1.82, 2.24) is 0 Å². The second kappa shape index (κ2) is 5.32. The monoisotopic (exact) mass is 302 g/mol. The summed E-state index contributed by atoms with van der Waals surface area (Å²) in [5, 5.41) is -0.0284. The lowest BCUT2D eigenvalue weighted by Gasteiger charge is -2.08. The molecule has 0 unspecified atom stereocenters. The first-order chi connectivity index (χ1) is 9.25. The van der Waals surface area contributed by atoms with Gasteiger partial charge in [0.05, 0.1) is 12.0 Å². The lowest BCUT2D eigenvalue weighted by atomic mass is 10.1. The lowest BCUT2D eigenvalue weighted by molar-refractivity contribution is -0.137. The maximum absolute atomic E-state index is 12.7. The highest BCUT2D eigenvalue weighted by Gasteiger charge is 2.31. The number of alkyl halides is 3. The minimum atomic E-state index is -4.48. The zero-order valence-electron chi connectivity index (χ0n) is 10.4. The summed E-state index contributed by atoms with van der Waals surface area (Å²) < 4.78 is 43.5. The first kappa shape index (κ1) is 14.7. The predicted molar refractivity (Wildman–Crippen MR) is 68.5 cm³/mol. The van der Waals surface area contributed by atoms with Gasteiger partial charge in [-0.15, -0.1) is 0 Å². The van der Waals surface area contributed by atoms with Crippen molar-refractivity contribution in [2.24, 2.45) is 0 Å². The Morgan fingerprint density at radius 3 is 2.55 bits per heavy atom. The quantitative estimate of drug-likeness (QED) is 0.819. The van der Waals surface area contributed by atoms with Crippen LogP contribution in [-0.2, 0) is 17.4 Å². The standard InChI is InChI=1S/C14H10ClF3O2/c1-8(19)4-12-2-3-13(20-12)9-5-10(14(16,17)18)7-11(15)6-9/h2-3,5-7H,4H2,1H3. The first-order valence-corrected chi connectivity index (χ1v) is 6.10. The number of benzene rings is 1. The molecule has 0 bridgehead atoms. The van der Waals surface area contributed by atoms with E-state index in [1.54, 1.807) is 6.07 Å². The Morgan fingerprint density at radius 2 is 1.95 bits per heavy atom. The molecule has 1 aromatic heterocycles. The largest absolute Gasteiger partial charge is 0.461 e. The van der Waals surface area contributed by atoms with Crippen molar-refractivity contribution >= 4 is 17.4 Å². The van der Waals surface area contributed by atoms with Crippen LogP contribution in [0.5, 0.6) is 0 Å². The van der Waals surface area contributed by atoms with Gasteiger partial charge >= 0.3 is 6.18 Å². The molecule has 0 fully saturated rings. The van der Waals surface area contributed by atoms with Gasteiger partial charge < -0.3 is 4.42 Å². The van der Waals surface area contributed by atoms with Gasteiger partial charge in [0.15, 0.2) is 0 Å². The van der Waals surface area contributed by atoms with Crippen molar-refractivity contribution in [1.29, 1.82) is 0 Å². The van der Waals surface area contributed by atoms with Gasteiger partial charge in [0, 0.05) is 10.6 Å². The van der Waals surface area contributed by atoms with Crippen LogP contribution in [0.25, 0.3) is 11.3 Å². The Kier molecular flexibility index (Phi) is 3.90. The van der Waals surface area contributed by atoms with Crippen LogP contribution >= 0.6 is 11.6 Å². The van der Waals surface area contributed by atoms with E-state index in [2.05, 4.69) is 0 Å². The van der Waals surface area contributed by atoms with Crippen molar-refractivity contribution in [2.45, 2.75) is 19.5 Å². The fourth-order valence-electron chi connectivity index (χ4n) is 1.77. The summed E-state index contributed by atoms with van der Waals surface area (Å²) >= 11 is 5.70. The molecule has 2 nitrogen and oxygen atoms in total. The number of carbonyl (C=O) groups excluding carboxylic acids is 1. The van der Waals surface area contributed by atoms with Crippen molar-refractivity contribution in [3.63, 3.8) is 0 Å². The van der Waals surface area contributed by atoms with E-state index in [0.29, 0.717) is 5.76 Å². The highest BCUT2D eigenvalue weighted by atomic mass is 35.5. The van der Waals surface area contributed by atoms with Gasteiger partial charge in [-0.3, -0.25) is 4.79 Å². The Bertz CT molecular complexity index is 644. The van der Waals surface area contributed by atoms with E-state index in [1.807, 2.05) is 0 Å². The molecule has 20 heavy (non-hydrogen) atoms. The Labute approximate surface area is 118 Å². The van der Waals surface area contributed by atoms with Gasteiger partial charge in [-0.25, -0.2) is 0 Å². The van der Waals surface area contributed by atoms with E-state index in [0.717, 1.165) is 12.1 Å². The van der Waals surface area contributed by atoms with Crippen LogP contribution in [-0.4, -0.2) is 5.78 Å². The van der Waals surface area contributed by atoms with Crippen molar-refractivity contribution in [3.8, 4) is 11.3 Å². The second-order valence-electron chi connectivity index (χ2n) is 4.37. The van der Waals surface area contributed by atoms with Crippen molar-refractivity contribution in [2.75, 3.05) is 0 Å². The van der Waals surface area contributed by atoms with Gasteiger partial charge in [-0.05, 0) is 37.3 Å². The third kappa shape index (κ3) is 3.42. The number of furan rings is 1. The molecule has 2 aromatic rings. The maximum Gasteiger partial charge on any atom is 0.416 e. The van der Waals surface area contributed by atoms with E-state index in [4.69, 9.17) is 16.0 Å². The summed E-state index contributed by atoms with van der Waals surface area (Å²) in [6.45, 7) is 1.41. The number of hydrogen-bond donors (Lipinski definition) is 0. The van der Waals surface area contributed by atoms with Gasteiger partial charge in [-0.1, -0.05) is 11.6 Å². The number of rotatable bonds is 3. The molecule has 6 heteroatoms. The van der Waals surface area contributed by atoms with Crippen molar-refractivity contribution < 1.29 is 22.4 Å². The van der Waals surface area contributed by atoms with Crippen molar-refractivity contribution in [3.05, 3.63) is 46.7 Å². The van der Waals surface area contributed by atoms with E-state index < -0.39 is 11.7 Å². The molecule has 0 atom stereocenters. The SMILES string of the molecule is CC(=O)Cc1ccc(-c2cc(Cl)cc(C(F)(F)F)c2)o1. The predicted octanol–water partition coefficient (Wildman–Crippen LogP) is 4.75. The first-order valence-electron chi connectivity index (χ1n) is 5.72. The van der Waals surface area contributed by atoms with Crippen LogP contribution in [0.4, 0.5) is 13.2 Å². The van der Waals surface area contributed by atoms with Crippen LogP contribution in [0.1, 0.15) is 18.2 Å². The smallest absolute Gasteiger partial charge is 0.416 e. The molecule has 2 rings (SSSR count). The highest BCUT2D eigenvalue weighted by Crippen LogP contribution is 2.35. The summed E-state index contributed by atoms with van der Waals surface area (Å²) in [6, 6.07) is 6.27. The normalized spacial score (nSPS) is 11.7. The van der Waals surface area contributed by atoms with E-state index in [9.17, 15) is 18.0 Å². The minimum absolute atomic E-state index is 0.0284. The summed E-state index contributed by atoms with van der Waals surface area (Å²) in [4.78, 5) is 11.0. The molecule has 0 saturated carbocycles. The molecular weight excluding hydrogens is 293 g/mol. The summed E-state index contributed by atoms with van der Waals surface area (Å²) in [6.07, 6.45) is -4.37. The molecule has 106 valence electrons. The third-order valence-electron chi connectivity index (χ3n) is 2.59. The van der Waals surface area contributed by atoms with E-state index in [1.165, 1.54) is 19.1 Å². The lowest BCUT2D eigenvalue weighted by Crippen LogP contribution is -2.04. The Balaban J connectivity index is 2.40. The Morgan fingerprint density at radius 1 is 1.25 bits per heavy atom. The third-order valence-corrected chi connectivity index (χ3v) is 2.81. The average molecular weight is 303 g/mol. The topological polar surface area (TPSA) is 30.2 Å². The zero-order chi connectivity index (χ0) is 14.9. The molecule has 0 spiro atoms. The van der Waals surface area contributed by atoms with Crippen LogP contribution in [0.3, 0.4) is 0 Å². The fraction of sp³-hybridized carbons (Fsp3) is 0.214. The van der Waals surface area contributed by atoms with Crippen LogP contribution in [0.2, 0.25) is 5.02 Å². The summed E-state index contributed by atoms with van der Waals surface area (Å²) in [5.74, 6) is 0.559. The van der Waals surface area contributed by atoms with E-state index >= 15 is 0 Å². The molecule has 0 saturated heterocycles. The van der Waals surface area contributed by atoms with Crippen LogP contribution < -0.4 is 0 Å². The van der Waals surface area contributed by atoms with Gasteiger partial charge in [0.2, 0.25) is 0 Å². The number of hydrogen-bond acceptors (Lipinski definition) is 2. The summed E-state index contributed by atoms with van der Waals surface area (Å²) in [7, 11) is 0. The van der Waals surface area contributed by atoms with Gasteiger partial charge in [0.1, 0.15) is 17.3 Å². The number of carbonyl (C=O) groups is 1. The minimum Gasteiger partial charge on any atom is -0.461 e. The van der Waals surface area contributed by atoms with E-state index in [-0.39, 0.29) is 28.6 Å². The zero-order valence-corrected chi connectivity index (χ0v) is 11.2. The fourth-order valence-corrected chi connectivity index (χ4v) is 2.00. The molecule has 0 aliphatic heterocycles.